The highest BCUT2D eigenvalue weighted by atomic mass is 15.1. The zero-order valence-electron chi connectivity index (χ0n) is 14.1. The minimum Gasteiger partial charge on any atom is -0.366 e. The van der Waals surface area contributed by atoms with Crippen LogP contribution in [0, 0.1) is 13.8 Å². The number of nitrogens with one attached hydrogen (secondary N) is 2. The van der Waals surface area contributed by atoms with Crippen molar-refractivity contribution in [3.8, 4) is 0 Å². The molecule has 122 valence electrons. The lowest BCUT2D eigenvalue weighted by atomic mass is 10.1. The van der Waals surface area contributed by atoms with Crippen LogP contribution >= 0.6 is 0 Å². The second kappa shape index (κ2) is 7.59. The molecule has 0 saturated heterocycles. The second-order valence-corrected chi connectivity index (χ2v) is 5.97. The van der Waals surface area contributed by atoms with Crippen molar-refractivity contribution in [2.24, 2.45) is 0 Å². The molecule has 0 unspecified atom stereocenters. The van der Waals surface area contributed by atoms with Crippen LogP contribution in [0.1, 0.15) is 22.3 Å². The van der Waals surface area contributed by atoms with Gasteiger partial charge in [0.15, 0.2) is 0 Å². The number of anilines is 2. The molecule has 1 heterocycles. The smallest absolute Gasteiger partial charge is 0.131 e. The van der Waals surface area contributed by atoms with Gasteiger partial charge in [-0.2, -0.15) is 0 Å². The van der Waals surface area contributed by atoms with Gasteiger partial charge >= 0.3 is 0 Å². The Labute approximate surface area is 143 Å². The summed E-state index contributed by atoms with van der Waals surface area (Å²) in [6.45, 7) is 5.68. The molecule has 4 heteroatoms. The molecule has 0 radical (unpaired) electrons. The molecule has 2 N–H and O–H groups in total. The van der Waals surface area contributed by atoms with E-state index in [0.29, 0.717) is 0 Å². The molecule has 24 heavy (non-hydrogen) atoms. The minimum atomic E-state index is 0.745. The van der Waals surface area contributed by atoms with Gasteiger partial charge in [-0.15, -0.1) is 0 Å². The average Bonchev–Trinajstić information content (AvgIpc) is 2.60. The standard InChI is InChI=1S/C20H22N4/c1-15-6-8-17(9-7-15)12-21-19-11-20(24-14-23-19)22-13-18-5-3-4-16(2)10-18/h3-11,14H,12-13H2,1-2H3,(H2,21,22,23,24). The quantitative estimate of drug-likeness (QED) is 0.711. The number of benzene rings is 2. The van der Waals surface area contributed by atoms with Gasteiger partial charge < -0.3 is 10.6 Å². The van der Waals surface area contributed by atoms with Crippen LogP contribution in [0.15, 0.2) is 60.9 Å². The summed E-state index contributed by atoms with van der Waals surface area (Å²) in [6, 6.07) is 18.9. The molecule has 4 nitrogen and oxygen atoms in total. The number of aromatic nitrogens is 2. The third-order valence-corrected chi connectivity index (χ3v) is 3.82. The van der Waals surface area contributed by atoms with Gasteiger partial charge in [-0.05, 0) is 25.0 Å². The van der Waals surface area contributed by atoms with Gasteiger partial charge in [0.25, 0.3) is 0 Å². The molecular formula is C20H22N4. The Morgan fingerprint density at radius 3 is 2.04 bits per heavy atom. The predicted molar refractivity (Wildman–Crippen MR) is 99.0 cm³/mol. The summed E-state index contributed by atoms with van der Waals surface area (Å²) < 4.78 is 0. The van der Waals surface area contributed by atoms with Crippen molar-refractivity contribution in [1.29, 1.82) is 0 Å². The van der Waals surface area contributed by atoms with Crippen LogP contribution in [0.5, 0.6) is 0 Å². The predicted octanol–water partition coefficient (Wildman–Crippen LogP) is 4.32. The lowest BCUT2D eigenvalue weighted by molar-refractivity contribution is 1.05. The largest absolute Gasteiger partial charge is 0.366 e. The van der Waals surface area contributed by atoms with Gasteiger partial charge in [0.05, 0.1) is 0 Å². The van der Waals surface area contributed by atoms with Crippen LogP contribution in [0.4, 0.5) is 11.6 Å². The molecule has 0 amide bonds. The van der Waals surface area contributed by atoms with Crippen LogP contribution < -0.4 is 10.6 Å². The third kappa shape index (κ3) is 4.56. The van der Waals surface area contributed by atoms with E-state index in [1.54, 1.807) is 6.33 Å². The summed E-state index contributed by atoms with van der Waals surface area (Å²) in [7, 11) is 0. The molecule has 0 aliphatic rings. The van der Waals surface area contributed by atoms with E-state index in [0.717, 1.165) is 24.7 Å². The van der Waals surface area contributed by atoms with E-state index in [2.05, 4.69) is 83.0 Å². The van der Waals surface area contributed by atoms with Crippen LogP contribution in [0.2, 0.25) is 0 Å². The maximum Gasteiger partial charge on any atom is 0.131 e. The van der Waals surface area contributed by atoms with E-state index in [1.807, 2.05) is 6.07 Å². The first-order chi connectivity index (χ1) is 11.7. The fourth-order valence-corrected chi connectivity index (χ4v) is 2.46. The molecule has 1 aromatic heterocycles. The van der Waals surface area contributed by atoms with E-state index in [9.17, 15) is 0 Å². The number of hydrogen-bond donors (Lipinski definition) is 2. The number of hydrogen-bond acceptors (Lipinski definition) is 4. The Balaban J connectivity index is 1.58. The first kappa shape index (κ1) is 16.0. The Kier molecular flexibility index (Phi) is 5.06. The van der Waals surface area contributed by atoms with Gasteiger partial charge in [-0.1, -0.05) is 59.7 Å². The van der Waals surface area contributed by atoms with Crippen molar-refractivity contribution < 1.29 is 0 Å². The molecule has 0 atom stereocenters. The SMILES string of the molecule is Cc1ccc(CNc2cc(NCc3cccc(C)c3)ncn2)cc1. The van der Waals surface area contributed by atoms with Gasteiger partial charge in [0, 0.05) is 19.2 Å². The molecule has 0 bridgehead atoms. The third-order valence-electron chi connectivity index (χ3n) is 3.82. The number of nitrogens with zero attached hydrogens (tertiary/aromatic N) is 2. The van der Waals surface area contributed by atoms with Gasteiger partial charge in [-0.3, -0.25) is 0 Å². The first-order valence-corrected chi connectivity index (χ1v) is 8.10. The lowest BCUT2D eigenvalue weighted by Crippen LogP contribution is -2.05. The number of aryl methyl sites for hydroxylation is 2. The lowest BCUT2D eigenvalue weighted by Gasteiger charge is -2.09. The number of rotatable bonds is 6. The highest BCUT2D eigenvalue weighted by molar-refractivity contribution is 5.47. The molecule has 3 rings (SSSR count). The Bertz CT molecular complexity index is 797. The molecule has 0 aliphatic heterocycles. The van der Waals surface area contributed by atoms with Crippen molar-refractivity contribution in [2.75, 3.05) is 10.6 Å². The van der Waals surface area contributed by atoms with Gasteiger partial charge in [0.2, 0.25) is 0 Å². The summed E-state index contributed by atoms with van der Waals surface area (Å²) in [5.74, 6) is 1.63. The van der Waals surface area contributed by atoms with Crippen molar-refractivity contribution in [3.63, 3.8) is 0 Å². The van der Waals surface area contributed by atoms with Crippen LogP contribution in [0.25, 0.3) is 0 Å². The topological polar surface area (TPSA) is 49.8 Å². The maximum atomic E-state index is 4.28. The van der Waals surface area contributed by atoms with E-state index in [1.165, 1.54) is 22.3 Å². The van der Waals surface area contributed by atoms with E-state index < -0.39 is 0 Å². The highest BCUT2D eigenvalue weighted by Gasteiger charge is 2.00. The summed E-state index contributed by atoms with van der Waals surface area (Å²) in [5, 5.41) is 6.68. The normalized spacial score (nSPS) is 10.4. The van der Waals surface area contributed by atoms with Crippen LogP contribution in [-0.4, -0.2) is 9.97 Å². The molecule has 0 fully saturated rings. The zero-order chi connectivity index (χ0) is 16.8. The van der Waals surface area contributed by atoms with Gasteiger partial charge in [0.1, 0.15) is 18.0 Å². The monoisotopic (exact) mass is 318 g/mol. The summed E-state index contributed by atoms with van der Waals surface area (Å²) in [6.07, 6.45) is 1.58. The van der Waals surface area contributed by atoms with Crippen molar-refractivity contribution in [3.05, 3.63) is 83.2 Å². The van der Waals surface area contributed by atoms with E-state index in [4.69, 9.17) is 0 Å². The summed E-state index contributed by atoms with van der Waals surface area (Å²) in [5.41, 5.74) is 5.00. The fraction of sp³-hybridized carbons (Fsp3) is 0.200. The molecule has 0 spiro atoms. The molecule has 3 aromatic rings. The second-order valence-electron chi connectivity index (χ2n) is 5.97. The fourth-order valence-electron chi connectivity index (χ4n) is 2.46. The van der Waals surface area contributed by atoms with Crippen molar-refractivity contribution in [1.82, 2.24) is 9.97 Å². The molecule has 0 aliphatic carbocycles. The minimum absolute atomic E-state index is 0.745. The van der Waals surface area contributed by atoms with Crippen LogP contribution in [0.3, 0.4) is 0 Å². The highest BCUT2D eigenvalue weighted by Crippen LogP contribution is 2.13. The van der Waals surface area contributed by atoms with E-state index in [-0.39, 0.29) is 0 Å². The van der Waals surface area contributed by atoms with Gasteiger partial charge in [-0.25, -0.2) is 9.97 Å². The molecule has 2 aromatic carbocycles. The van der Waals surface area contributed by atoms with Crippen molar-refractivity contribution >= 4 is 11.6 Å². The maximum absolute atomic E-state index is 4.28. The molecule has 0 saturated carbocycles. The van der Waals surface area contributed by atoms with Crippen LogP contribution in [-0.2, 0) is 13.1 Å². The Morgan fingerprint density at radius 1 is 0.708 bits per heavy atom. The van der Waals surface area contributed by atoms with E-state index >= 15 is 0 Å². The first-order valence-electron chi connectivity index (χ1n) is 8.10. The Hall–Kier alpha value is -2.88. The average molecular weight is 318 g/mol. The Morgan fingerprint density at radius 2 is 1.38 bits per heavy atom. The zero-order valence-corrected chi connectivity index (χ0v) is 14.1. The van der Waals surface area contributed by atoms with Crippen molar-refractivity contribution in [2.45, 2.75) is 26.9 Å². The summed E-state index contributed by atoms with van der Waals surface area (Å²) >= 11 is 0. The summed E-state index contributed by atoms with van der Waals surface area (Å²) in [4.78, 5) is 8.56. The molecular weight excluding hydrogens is 296 g/mol.